The van der Waals surface area contributed by atoms with Crippen LogP contribution in [0.2, 0.25) is 0 Å². The molecule has 0 bridgehead atoms. The molecule has 1 aliphatic heterocycles. The Morgan fingerprint density at radius 2 is 1.85 bits per heavy atom. The highest BCUT2D eigenvalue weighted by molar-refractivity contribution is 14.0. The molecule has 0 aromatic heterocycles. The molecule has 0 saturated carbocycles. The highest BCUT2D eigenvalue weighted by Gasteiger charge is 2.19. The van der Waals surface area contributed by atoms with Gasteiger partial charge < -0.3 is 15.5 Å². The van der Waals surface area contributed by atoms with Crippen LogP contribution in [-0.4, -0.2) is 68.1 Å². The number of likely N-dealkylation sites (N-methyl/N-ethyl adjacent to an activating group) is 1. The molecule has 1 fully saturated rings. The van der Waals surface area contributed by atoms with Crippen LogP contribution in [0.15, 0.2) is 23.2 Å². The number of benzene rings is 1. The molecule has 1 aromatic rings. The first-order valence-corrected chi connectivity index (χ1v) is 9.50. The smallest absolute Gasteiger partial charge is 0.191 e. The van der Waals surface area contributed by atoms with Crippen molar-refractivity contribution in [2.24, 2.45) is 4.99 Å². The summed E-state index contributed by atoms with van der Waals surface area (Å²) in [6.07, 6.45) is 0. The molecule has 6 heteroatoms. The van der Waals surface area contributed by atoms with Gasteiger partial charge in [-0.3, -0.25) is 4.90 Å². The molecule has 148 valence electrons. The maximum Gasteiger partial charge on any atom is 0.191 e. The number of nitrogens with zero attached hydrogens (tertiary/aromatic N) is 3. The number of hydrogen-bond acceptors (Lipinski definition) is 3. The molecule has 2 rings (SSSR count). The highest BCUT2D eigenvalue weighted by atomic mass is 127. The molecule has 26 heavy (non-hydrogen) atoms. The van der Waals surface area contributed by atoms with E-state index in [0.717, 1.165) is 45.2 Å². The van der Waals surface area contributed by atoms with Gasteiger partial charge in [0.2, 0.25) is 0 Å². The Morgan fingerprint density at radius 1 is 1.15 bits per heavy atom. The van der Waals surface area contributed by atoms with Gasteiger partial charge in [0, 0.05) is 45.3 Å². The number of hydrogen-bond donors (Lipinski definition) is 2. The molecule has 1 aromatic carbocycles. The fraction of sp³-hybridized carbons (Fsp3) is 0.650. The summed E-state index contributed by atoms with van der Waals surface area (Å²) < 4.78 is 0. The Kier molecular flexibility index (Phi) is 10.5. The van der Waals surface area contributed by atoms with Gasteiger partial charge in [-0.15, -0.1) is 24.0 Å². The lowest BCUT2D eigenvalue weighted by Gasteiger charge is -2.36. The van der Waals surface area contributed by atoms with Crippen molar-refractivity contribution < 1.29 is 0 Å². The average Bonchev–Trinajstić information content (AvgIpc) is 2.59. The maximum atomic E-state index is 4.77. The zero-order valence-corrected chi connectivity index (χ0v) is 19.3. The first-order chi connectivity index (χ1) is 12.0. The molecule has 1 saturated heterocycles. The molecular formula is C20H36IN5. The summed E-state index contributed by atoms with van der Waals surface area (Å²) >= 11 is 0. The Balaban J connectivity index is 0.00000338. The van der Waals surface area contributed by atoms with Gasteiger partial charge in [-0.05, 0) is 45.9 Å². The second-order valence-corrected chi connectivity index (χ2v) is 7.19. The molecule has 1 atom stereocenters. The van der Waals surface area contributed by atoms with E-state index in [1.807, 2.05) is 0 Å². The molecule has 0 amide bonds. The summed E-state index contributed by atoms with van der Waals surface area (Å²) in [4.78, 5) is 9.72. The average molecular weight is 473 g/mol. The van der Waals surface area contributed by atoms with E-state index >= 15 is 0 Å². The molecule has 0 radical (unpaired) electrons. The Morgan fingerprint density at radius 3 is 2.46 bits per heavy atom. The number of nitrogens with one attached hydrogen (secondary N) is 2. The Labute approximate surface area is 176 Å². The van der Waals surface area contributed by atoms with Gasteiger partial charge >= 0.3 is 0 Å². The number of piperazine rings is 1. The third-order valence-corrected chi connectivity index (χ3v) is 4.98. The van der Waals surface area contributed by atoms with Gasteiger partial charge in [-0.1, -0.05) is 23.8 Å². The van der Waals surface area contributed by atoms with Crippen LogP contribution in [0, 0.1) is 13.8 Å². The maximum absolute atomic E-state index is 4.77. The van der Waals surface area contributed by atoms with Crippen LogP contribution in [0.5, 0.6) is 0 Å². The van der Waals surface area contributed by atoms with Gasteiger partial charge in [-0.25, -0.2) is 4.99 Å². The molecule has 0 aliphatic carbocycles. The molecule has 1 unspecified atom stereocenters. The molecule has 5 nitrogen and oxygen atoms in total. The van der Waals surface area contributed by atoms with Gasteiger partial charge in [-0.2, -0.15) is 0 Å². The highest BCUT2D eigenvalue weighted by Crippen LogP contribution is 2.11. The van der Waals surface area contributed by atoms with Gasteiger partial charge in [0.15, 0.2) is 5.96 Å². The van der Waals surface area contributed by atoms with Crippen molar-refractivity contribution in [1.82, 2.24) is 20.4 Å². The summed E-state index contributed by atoms with van der Waals surface area (Å²) in [6.45, 7) is 15.8. The summed E-state index contributed by atoms with van der Waals surface area (Å²) in [5, 5.41) is 6.87. The molecule has 1 aliphatic rings. The minimum atomic E-state index is 0. The van der Waals surface area contributed by atoms with Crippen molar-refractivity contribution in [2.75, 3.05) is 46.3 Å². The minimum absolute atomic E-state index is 0. The van der Waals surface area contributed by atoms with Crippen LogP contribution >= 0.6 is 24.0 Å². The summed E-state index contributed by atoms with van der Waals surface area (Å²) in [7, 11) is 2.20. The van der Waals surface area contributed by atoms with Gasteiger partial charge in [0.25, 0.3) is 0 Å². The second-order valence-electron chi connectivity index (χ2n) is 7.19. The number of guanidine groups is 1. The fourth-order valence-electron chi connectivity index (χ4n) is 3.17. The molecule has 0 spiro atoms. The zero-order valence-electron chi connectivity index (χ0n) is 17.0. The predicted octanol–water partition coefficient (Wildman–Crippen LogP) is 2.61. The van der Waals surface area contributed by atoms with Crippen LogP contribution in [0.1, 0.15) is 30.5 Å². The predicted molar refractivity (Wildman–Crippen MR) is 123 cm³/mol. The van der Waals surface area contributed by atoms with Crippen LogP contribution in [0.25, 0.3) is 0 Å². The van der Waals surface area contributed by atoms with E-state index < -0.39 is 0 Å². The monoisotopic (exact) mass is 473 g/mol. The van der Waals surface area contributed by atoms with E-state index in [0.29, 0.717) is 12.6 Å². The number of halogens is 1. The number of rotatable bonds is 6. The van der Waals surface area contributed by atoms with E-state index in [2.05, 4.69) is 73.4 Å². The fourth-order valence-corrected chi connectivity index (χ4v) is 3.17. The second kappa shape index (κ2) is 11.8. The lowest BCUT2D eigenvalue weighted by Crippen LogP contribution is -2.52. The van der Waals surface area contributed by atoms with Crippen molar-refractivity contribution in [1.29, 1.82) is 0 Å². The van der Waals surface area contributed by atoms with Crippen LogP contribution in [0.3, 0.4) is 0 Å². The lowest BCUT2D eigenvalue weighted by molar-refractivity contribution is 0.120. The molecular weight excluding hydrogens is 437 g/mol. The van der Waals surface area contributed by atoms with Crippen molar-refractivity contribution in [3.05, 3.63) is 34.9 Å². The van der Waals surface area contributed by atoms with Crippen LogP contribution < -0.4 is 10.6 Å². The van der Waals surface area contributed by atoms with E-state index in [9.17, 15) is 0 Å². The lowest BCUT2D eigenvalue weighted by atomic mass is 10.1. The van der Waals surface area contributed by atoms with E-state index in [1.165, 1.54) is 16.7 Å². The third kappa shape index (κ3) is 7.40. The van der Waals surface area contributed by atoms with E-state index in [4.69, 9.17) is 4.99 Å². The number of aliphatic imine (C=N–C) groups is 1. The largest absolute Gasteiger partial charge is 0.357 e. The molecule has 2 N–H and O–H groups in total. The standard InChI is InChI=1S/C20H35N5.HI/c1-6-21-20(23-15-19-8-7-16(2)13-17(19)3)22-14-18(4)25-11-9-24(5)10-12-25;/h7-8,13,18H,6,9-12,14-15H2,1-5H3,(H2,21,22,23);1H. The number of aryl methyl sites for hydroxylation is 2. The Bertz CT molecular complexity index is 567. The zero-order chi connectivity index (χ0) is 18.2. The van der Waals surface area contributed by atoms with Crippen molar-refractivity contribution in [3.63, 3.8) is 0 Å². The quantitative estimate of drug-likeness (QED) is 0.379. The van der Waals surface area contributed by atoms with E-state index in [-0.39, 0.29) is 24.0 Å². The summed E-state index contributed by atoms with van der Waals surface area (Å²) in [5.74, 6) is 0.906. The first-order valence-electron chi connectivity index (χ1n) is 9.50. The molecule has 1 heterocycles. The van der Waals surface area contributed by atoms with Crippen LogP contribution in [0.4, 0.5) is 0 Å². The SMILES string of the molecule is CCNC(=NCc1ccc(C)cc1C)NCC(C)N1CCN(C)CC1.I. The normalized spacial score (nSPS) is 17.5. The Hall–Kier alpha value is -0.860. The first kappa shape index (κ1) is 23.2. The summed E-state index contributed by atoms with van der Waals surface area (Å²) in [5.41, 5.74) is 3.90. The topological polar surface area (TPSA) is 42.9 Å². The van der Waals surface area contributed by atoms with Crippen LogP contribution in [-0.2, 0) is 6.54 Å². The summed E-state index contributed by atoms with van der Waals surface area (Å²) in [6, 6.07) is 7.08. The van der Waals surface area contributed by atoms with Crippen molar-refractivity contribution in [3.8, 4) is 0 Å². The minimum Gasteiger partial charge on any atom is -0.357 e. The van der Waals surface area contributed by atoms with Crippen molar-refractivity contribution >= 4 is 29.9 Å². The van der Waals surface area contributed by atoms with E-state index in [1.54, 1.807) is 0 Å². The van der Waals surface area contributed by atoms with Gasteiger partial charge in [0.05, 0.1) is 6.54 Å². The van der Waals surface area contributed by atoms with Crippen molar-refractivity contribution in [2.45, 2.75) is 40.3 Å². The van der Waals surface area contributed by atoms with Gasteiger partial charge in [0.1, 0.15) is 0 Å². The third-order valence-electron chi connectivity index (χ3n) is 4.98.